The molecule has 1 heterocycles. The largest absolute Gasteiger partial charge is 0.494 e. The minimum Gasteiger partial charge on any atom is -0.494 e. The molecular weight excluding hydrogens is 360 g/mol. The average molecular weight is 382 g/mol. The topological polar surface area (TPSA) is 58.6 Å². The first kappa shape index (κ1) is 19.0. The lowest BCUT2D eigenvalue weighted by Gasteiger charge is -2.15. The zero-order valence-electron chi connectivity index (χ0n) is 15.6. The van der Waals surface area contributed by atoms with Crippen LogP contribution in [0.2, 0.25) is 0 Å². The summed E-state index contributed by atoms with van der Waals surface area (Å²) in [6, 6.07) is 13.4. The average Bonchev–Trinajstić information content (AvgIpc) is 2.91. The number of rotatable bonds is 6. The van der Waals surface area contributed by atoms with Gasteiger partial charge in [0.1, 0.15) is 5.75 Å². The van der Waals surface area contributed by atoms with Crippen LogP contribution in [0.25, 0.3) is 6.08 Å². The van der Waals surface area contributed by atoms with Crippen molar-refractivity contribution in [2.45, 2.75) is 20.8 Å². The third kappa shape index (κ3) is 4.52. The summed E-state index contributed by atoms with van der Waals surface area (Å²) >= 11 is 0.959. The van der Waals surface area contributed by atoms with Crippen molar-refractivity contribution in [3.8, 4) is 5.75 Å². The van der Waals surface area contributed by atoms with Crippen LogP contribution in [0, 0.1) is 13.8 Å². The summed E-state index contributed by atoms with van der Waals surface area (Å²) in [5, 5.41) is 2.88. The Morgan fingerprint density at radius 3 is 2.48 bits per heavy atom. The van der Waals surface area contributed by atoms with Crippen molar-refractivity contribution in [1.82, 2.24) is 4.90 Å². The molecule has 1 fully saturated rings. The lowest BCUT2D eigenvalue weighted by atomic mass is 10.1. The van der Waals surface area contributed by atoms with Gasteiger partial charge >= 0.3 is 0 Å². The van der Waals surface area contributed by atoms with Gasteiger partial charge in [0.25, 0.3) is 11.1 Å². The summed E-state index contributed by atoms with van der Waals surface area (Å²) in [6.45, 7) is 6.75. The van der Waals surface area contributed by atoms with Crippen LogP contribution in [0.4, 0.5) is 10.5 Å². The molecule has 0 bridgehead atoms. The highest BCUT2D eigenvalue weighted by Crippen LogP contribution is 2.32. The maximum Gasteiger partial charge on any atom is 0.295 e. The standard InChI is InChI=1S/C21H22N2O3S/c1-4-26-18-9-6-16(7-10-18)12-19-20(24)23(21(25)27-19)13-22-17-8-5-14(2)15(3)11-17/h5-12,22H,4,13H2,1-3H3. The highest BCUT2D eigenvalue weighted by atomic mass is 32.2. The van der Waals surface area contributed by atoms with Crippen LogP contribution < -0.4 is 10.1 Å². The van der Waals surface area contributed by atoms with Crippen molar-refractivity contribution in [3.63, 3.8) is 0 Å². The molecule has 3 rings (SSSR count). The highest BCUT2D eigenvalue weighted by molar-refractivity contribution is 8.18. The van der Waals surface area contributed by atoms with E-state index in [1.807, 2.05) is 63.2 Å². The number of nitrogens with one attached hydrogen (secondary N) is 1. The van der Waals surface area contributed by atoms with Gasteiger partial charge in [0.2, 0.25) is 0 Å². The van der Waals surface area contributed by atoms with Crippen molar-refractivity contribution >= 4 is 34.7 Å². The Morgan fingerprint density at radius 1 is 1.07 bits per heavy atom. The number of carbonyl (C=O) groups is 2. The Labute approximate surface area is 163 Å². The maximum atomic E-state index is 12.6. The highest BCUT2D eigenvalue weighted by Gasteiger charge is 2.34. The molecule has 1 saturated heterocycles. The van der Waals surface area contributed by atoms with Gasteiger partial charge in [-0.15, -0.1) is 0 Å². The molecule has 140 valence electrons. The molecule has 0 atom stereocenters. The van der Waals surface area contributed by atoms with Crippen LogP contribution in [-0.4, -0.2) is 29.3 Å². The van der Waals surface area contributed by atoms with Crippen LogP contribution >= 0.6 is 11.8 Å². The van der Waals surface area contributed by atoms with Crippen LogP contribution in [-0.2, 0) is 4.79 Å². The fourth-order valence-electron chi connectivity index (χ4n) is 2.64. The maximum absolute atomic E-state index is 12.6. The van der Waals surface area contributed by atoms with Crippen molar-refractivity contribution in [1.29, 1.82) is 0 Å². The lowest BCUT2D eigenvalue weighted by molar-refractivity contribution is -0.122. The Kier molecular flexibility index (Phi) is 5.86. The fourth-order valence-corrected chi connectivity index (χ4v) is 3.47. The van der Waals surface area contributed by atoms with Gasteiger partial charge in [-0.2, -0.15) is 0 Å². The summed E-state index contributed by atoms with van der Waals surface area (Å²) in [6.07, 6.45) is 1.73. The summed E-state index contributed by atoms with van der Waals surface area (Å²) < 4.78 is 5.41. The van der Waals surface area contributed by atoms with Crippen LogP contribution in [0.15, 0.2) is 47.4 Å². The molecule has 0 saturated carbocycles. The normalized spacial score (nSPS) is 15.5. The minimum absolute atomic E-state index is 0.147. The van der Waals surface area contributed by atoms with E-state index in [1.54, 1.807) is 6.08 Å². The number of nitrogens with zero attached hydrogens (tertiary/aromatic N) is 1. The molecule has 0 unspecified atom stereocenters. The van der Waals surface area contributed by atoms with Gasteiger partial charge < -0.3 is 10.1 Å². The van der Waals surface area contributed by atoms with Gasteiger partial charge in [0, 0.05) is 5.69 Å². The molecular formula is C21H22N2O3S. The Balaban J connectivity index is 1.67. The van der Waals surface area contributed by atoms with E-state index in [4.69, 9.17) is 4.74 Å². The second-order valence-corrected chi connectivity index (χ2v) is 7.24. The number of aryl methyl sites for hydroxylation is 2. The third-order valence-corrected chi connectivity index (χ3v) is 5.22. The van der Waals surface area contributed by atoms with Crippen molar-refractivity contribution < 1.29 is 14.3 Å². The van der Waals surface area contributed by atoms with E-state index in [2.05, 4.69) is 5.32 Å². The Hall–Kier alpha value is -2.73. The van der Waals surface area contributed by atoms with E-state index in [1.165, 1.54) is 10.5 Å². The molecule has 0 aliphatic carbocycles. The number of imide groups is 1. The number of carbonyl (C=O) groups excluding carboxylic acids is 2. The number of amides is 2. The van der Waals surface area contributed by atoms with Crippen molar-refractivity contribution in [2.75, 3.05) is 18.6 Å². The summed E-state index contributed by atoms with van der Waals surface area (Å²) in [5.41, 5.74) is 4.09. The van der Waals surface area contributed by atoms with Crippen molar-refractivity contribution in [3.05, 3.63) is 64.1 Å². The van der Waals surface area contributed by atoms with E-state index >= 15 is 0 Å². The monoisotopic (exact) mass is 382 g/mol. The molecule has 0 radical (unpaired) electrons. The van der Waals surface area contributed by atoms with Gasteiger partial charge in [-0.3, -0.25) is 14.5 Å². The molecule has 1 aliphatic heterocycles. The molecule has 0 aromatic heterocycles. The SMILES string of the molecule is CCOc1ccc(C=C2SC(=O)N(CNc3ccc(C)c(C)c3)C2=O)cc1. The van der Waals surface area contributed by atoms with E-state index < -0.39 is 0 Å². The number of hydrogen-bond acceptors (Lipinski definition) is 5. The van der Waals surface area contributed by atoms with E-state index in [0.29, 0.717) is 11.5 Å². The predicted octanol–water partition coefficient (Wildman–Crippen LogP) is 4.81. The van der Waals surface area contributed by atoms with Crippen molar-refractivity contribution in [2.24, 2.45) is 0 Å². The molecule has 27 heavy (non-hydrogen) atoms. The Morgan fingerprint density at radius 2 is 1.81 bits per heavy atom. The number of anilines is 1. The molecule has 0 spiro atoms. The van der Waals surface area contributed by atoms with Gasteiger partial charge in [-0.25, -0.2) is 0 Å². The van der Waals surface area contributed by atoms with Gasteiger partial charge in [0.05, 0.1) is 18.2 Å². The van der Waals surface area contributed by atoms with E-state index in [-0.39, 0.29) is 17.8 Å². The molecule has 1 aliphatic rings. The Bertz CT molecular complexity index is 891. The first-order valence-corrected chi connectivity index (χ1v) is 9.59. The zero-order chi connectivity index (χ0) is 19.4. The smallest absolute Gasteiger partial charge is 0.295 e. The lowest BCUT2D eigenvalue weighted by Crippen LogP contribution is -2.33. The van der Waals surface area contributed by atoms with Crippen LogP contribution in [0.1, 0.15) is 23.6 Å². The number of ether oxygens (including phenoxy) is 1. The van der Waals surface area contributed by atoms with Crippen LogP contribution in [0.5, 0.6) is 5.75 Å². The molecule has 5 nitrogen and oxygen atoms in total. The minimum atomic E-state index is -0.282. The fraction of sp³-hybridized carbons (Fsp3) is 0.238. The van der Waals surface area contributed by atoms with Crippen LogP contribution in [0.3, 0.4) is 0 Å². The van der Waals surface area contributed by atoms with Gasteiger partial charge in [0.15, 0.2) is 0 Å². The predicted molar refractivity (Wildman–Crippen MR) is 110 cm³/mol. The number of thioether (sulfide) groups is 1. The molecule has 2 aromatic carbocycles. The van der Waals surface area contributed by atoms with E-state index in [9.17, 15) is 9.59 Å². The quantitative estimate of drug-likeness (QED) is 0.727. The molecule has 1 N–H and O–H groups in total. The molecule has 2 amide bonds. The van der Waals surface area contributed by atoms with Gasteiger partial charge in [-0.05, 0) is 79.6 Å². The second kappa shape index (κ2) is 8.31. The van der Waals surface area contributed by atoms with E-state index in [0.717, 1.165) is 34.3 Å². The third-order valence-electron chi connectivity index (χ3n) is 4.31. The number of hydrogen-bond donors (Lipinski definition) is 1. The zero-order valence-corrected chi connectivity index (χ0v) is 16.4. The molecule has 6 heteroatoms. The second-order valence-electron chi connectivity index (χ2n) is 6.25. The first-order chi connectivity index (χ1) is 13.0. The summed E-state index contributed by atoms with van der Waals surface area (Å²) in [5.74, 6) is 0.496. The first-order valence-electron chi connectivity index (χ1n) is 8.77. The number of benzene rings is 2. The van der Waals surface area contributed by atoms with Gasteiger partial charge in [-0.1, -0.05) is 18.2 Å². The molecule has 2 aromatic rings. The summed E-state index contributed by atoms with van der Waals surface area (Å²) in [7, 11) is 0. The summed E-state index contributed by atoms with van der Waals surface area (Å²) in [4.78, 5) is 26.5.